The number of nitrogen functional groups attached to an aromatic ring is 2. The third kappa shape index (κ3) is 3.13. The van der Waals surface area contributed by atoms with Crippen molar-refractivity contribution >= 4 is 34.0 Å². The van der Waals surface area contributed by atoms with Crippen LogP contribution in [-0.4, -0.2) is 20.6 Å². The van der Waals surface area contributed by atoms with E-state index in [1.165, 1.54) is 5.01 Å². The smallest absolute Gasteiger partial charge is 0.263 e. The Morgan fingerprint density at radius 3 is 2.48 bits per heavy atom. The van der Waals surface area contributed by atoms with Gasteiger partial charge in [-0.05, 0) is 49.4 Å². The summed E-state index contributed by atoms with van der Waals surface area (Å²) in [4.78, 5) is 0. The van der Waals surface area contributed by atoms with Crippen LogP contribution in [0, 0.1) is 6.92 Å². The Labute approximate surface area is 152 Å². The second kappa shape index (κ2) is 6.71. The van der Waals surface area contributed by atoms with Crippen molar-refractivity contribution in [2.75, 3.05) is 16.5 Å². The van der Waals surface area contributed by atoms with Crippen molar-refractivity contribution in [3.05, 3.63) is 47.5 Å². The van der Waals surface area contributed by atoms with Gasteiger partial charge >= 0.3 is 0 Å². The zero-order valence-electron chi connectivity index (χ0n) is 14.3. The minimum Gasteiger partial charge on any atom is -0.378 e. The third-order valence-electron chi connectivity index (χ3n) is 4.07. The number of aryl methyl sites for hydroxylation is 1. The summed E-state index contributed by atoms with van der Waals surface area (Å²) in [5.74, 6) is 0.371. The van der Waals surface area contributed by atoms with Gasteiger partial charge < -0.3 is 11.5 Å². The van der Waals surface area contributed by atoms with Gasteiger partial charge in [0.2, 0.25) is 17.5 Å². The Morgan fingerprint density at radius 1 is 0.963 bits per heavy atom. The molecule has 2 heterocycles. The topological polar surface area (TPSA) is 158 Å². The summed E-state index contributed by atoms with van der Waals surface area (Å²) in [6.45, 7) is 2.33. The van der Waals surface area contributed by atoms with Gasteiger partial charge in [-0.15, -0.1) is 5.11 Å². The molecule has 4 N–H and O–H groups in total. The molecule has 0 radical (unpaired) electrons. The van der Waals surface area contributed by atoms with Crippen molar-refractivity contribution in [1.82, 2.24) is 20.6 Å². The number of fused-ring (bicyclic) bond motifs is 1. The van der Waals surface area contributed by atoms with Gasteiger partial charge in [0.1, 0.15) is 0 Å². The zero-order chi connectivity index (χ0) is 18.8. The van der Waals surface area contributed by atoms with Gasteiger partial charge in [-0.2, -0.15) is 0 Å². The number of hydrogen-bond acceptors (Lipinski definition) is 10. The predicted molar refractivity (Wildman–Crippen MR) is 96.8 cm³/mol. The average molecular weight is 365 g/mol. The maximum absolute atomic E-state index is 5.84. The molecule has 0 aliphatic carbocycles. The molecule has 0 saturated carbocycles. The number of rotatable bonds is 5. The van der Waals surface area contributed by atoms with E-state index in [0.717, 1.165) is 21.9 Å². The molecule has 4 rings (SSSR count). The minimum absolute atomic E-state index is 0.0197. The van der Waals surface area contributed by atoms with Crippen molar-refractivity contribution in [3.8, 4) is 0 Å². The van der Waals surface area contributed by atoms with Crippen LogP contribution in [0.15, 0.2) is 56.0 Å². The highest BCUT2D eigenvalue weighted by Crippen LogP contribution is 2.28. The highest BCUT2D eigenvalue weighted by molar-refractivity contribution is 5.87. The fraction of sp³-hybridized carbons (Fsp3) is 0.125. The molecule has 11 nitrogen and oxygen atoms in total. The van der Waals surface area contributed by atoms with Crippen LogP contribution >= 0.6 is 0 Å². The van der Waals surface area contributed by atoms with Crippen molar-refractivity contribution in [2.24, 2.45) is 10.3 Å². The molecule has 0 unspecified atom stereocenters. The summed E-state index contributed by atoms with van der Waals surface area (Å²) in [5, 5.41) is 26.2. The quantitative estimate of drug-likeness (QED) is 0.400. The molecule has 0 aliphatic rings. The molecule has 0 saturated heterocycles. The number of benzene rings is 2. The first kappa shape index (κ1) is 16.4. The maximum atomic E-state index is 5.84. The molecule has 0 bridgehead atoms. The normalized spacial score (nSPS) is 11.4. The standard InChI is InChI=1S/C16H15N9O2/c1-9-6-7-10-4-2-3-5-11(10)12(9)8-25(16-14(18)21-27-23-16)24-19-15-13(17)20-26-22-15/h2-7H,8H2,1H3,(H2,17,20)(H2,18,21). The van der Waals surface area contributed by atoms with Crippen LogP contribution in [0.25, 0.3) is 10.8 Å². The Morgan fingerprint density at radius 2 is 1.74 bits per heavy atom. The van der Waals surface area contributed by atoms with Gasteiger partial charge in [0, 0.05) is 0 Å². The maximum Gasteiger partial charge on any atom is 0.263 e. The van der Waals surface area contributed by atoms with E-state index in [4.69, 9.17) is 16.1 Å². The van der Waals surface area contributed by atoms with Crippen molar-refractivity contribution in [1.29, 1.82) is 0 Å². The molecule has 27 heavy (non-hydrogen) atoms. The number of nitrogens with two attached hydrogens (primary N) is 2. The van der Waals surface area contributed by atoms with E-state index in [-0.39, 0.29) is 23.3 Å². The Bertz CT molecular complexity index is 1120. The molecule has 4 aromatic rings. The lowest BCUT2D eigenvalue weighted by Crippen LogP contribution is -2.18. The summed E-state index contributed by atoms with van der Waals surface area (Å²) < 4.78 is 9.22. The fourth-order valence-corrected chi connectivity index (χ4v) is 2.68. The minimum atomic E-state index is 0.0197. The van der Waals surface area contributed by atoms with Crippen LogP contribution in [0.5, 0.6) is 0 Å². The molecule has 11 heteroatoms. The van der Waals surface area contributed by atoms with Crippen LogP contribution in [0.4, 0.5) is 23.3 Å². The van der Waals surface area contributed by atoms with Crippen molar-refractivity contribution < 1.29 is 9.26 Å². The van der Waals surface area contributed by atoms with E-state index in [1.54, 1.807) is 0 Å². The Balaban J connectivity index is 1.76. The second-order valence-electron chi connectivity index (χ2n) is 5.78. The summed E-state index contributed by atoms with van der Waals surface area (Å²) >= 11 is 0. The molecular weight excluding hydrogens is 350 g/mol. The molecule has 2 aromatic carbocycles. The summed E-state index contributed by atoms with van der Waals surface area (Å²) in [7, 11) is 0. The van der Waals surface area contributed by atoms with E-state index < -0.39 is 0 Å². The van der Waals surface area contributed by atoms with Crippen LogP contribution in [-0.2, 0) is 6.54 Å². The highest BCUT2D eigenvalue weighted by Gasteiger charge is 2.19. The van der Waals surface area contributed by atoms with Crippen molar-refractivity contribution in [2.45, 2.75) is 13.5 Å². The Hall–Kier alpha value is -4.02. The van der Waals surface area contributed by atoms with Crippen LogP contribution < -0.4 is 16.5 Å². The predicted octanol–water partition coefficient (Wildman–Crippen LogP) is 2.78. The monoisotopic (exact) mass is 365 g/mol. The summed E-state index contributed by atoms with van der Waals surface area (Å²) in [6, 6.07) is 12.1. The van der Waals surface area contributed by atoms with E-state index in [1.807, 2.05) is 37.3 Å². The van der Waals surface area contributed by atoms with Gasteiger partial charge in [0.05, 0.1) is 6.54 Å². The van der Waals surface area contributed by atoms with E-state index in [2.05, 4.69) is 41.7 Å². The first-order valence-corrected chi connectivity index (χ1v) is 7.96. The van der Waals surface area contributed by atoms with Crippen molar-refractivity contribution in [3.63, 3.8) is 0 Å². The first-order valence-electron chi connectivity index (χ1n) is 7.96. The van der Waals surface area contributed by atoms with Crippen LogP contribution in [0.2, 0.25) is 0 Å². The molecule has 0 fully saturated rings. The van der Waals surface area contributed by atoms with Crippen LogP contribution in [0.1, 0.15) is 11.1 Å². The van der Waals surface area contributed by atoms with Gasteiger partial charge in [-0.3, -0.25) is 0 Å². The molecule has 2 aromatic heterocycles. The number of aromatic nitrogens is 4. The molecule has 0 amide bonds. The zero-order valence-corrected chi connectivity index (χ0v) is 14.3. The molecule has 0 aliphatic heterocycles. The lowest BCUT2D eigenvalue weighted by molar-refractivity contribution is 0.308. The van der Waals surface area contributed by atoms with E-state index >= 15 is 0 Å². The lowest BCUT2D eigenvalue weighted by Gasteiger charge is -2.17. The second-order valence-corrected chi connectivity index (χ2v) is 5.78. The molecule has 0 atom stereocenters. The van der Waals surface area contributed by atoms with Gasteiger partial charge in [-0.25, -0.2) is 14.3 Å². The molecular formula is C16H15N9O2. The number of nitrogens with zero attached hydrogens (tertiary/aromatic N) is 7. The third-order valence-corrected chi connectivity index (χ3v) is 4.07. The van der Waals surface area contributed by atoms with E-state index in [9.17, 15) is 0 Å². The average Bonchev–Trinajstić information content (AvgIpc) is 3.28. The fourth-order valence-electron chi connectivity index (χ4n) is 2.68. The largest absolute Gasteiger partial charge is 0.378 e. The molecule has 0 spiro atoms. The highest BCUT2D eigenvalue weighted by atomic mass is 16.6. The SMILES string of the molecule is Cc1ccc2ccccc2c1CN(N=Nc1nonc1N)c1nonc1N. The van der Waals surface area contributed by atoms with Gasteiger partial charge in [-0.1, -0.05) is 41.6 Å². The van der Waals surface area contributed by atoms with Gasteiger partial charge in [0.25, 0.3) is 5.82 Å². The summed E-state index contributed by atoms with van der Waals surface area (Å²) in [6.07, 6.45) is 0. The first-order chi connectivity index (χ1) is 13.1. The number of anilines is 3. The molecule has 136 valence electrons. The summed E-state index contributed by atoms with van der Waals surface area (Å²) in [5.41, 5.74) is 13.6. The number of hydrogen-bond donors (Lipinski definition) is 2. The Kier molecular flexibility index (Phi) is 4.09. The van der Waals surface area contributed by atoms with E-state index in [0.29, 0.717) is 6.54 Å². The van der Waals surface area contributed by atoms with Gasteiger partial charge in [0.15, 0.2) is 0 Å². The van der Waals surface area contributed by atoms with Crippen LogP contribution in [0.3, 0.4) is 0 Å². The lowest BCUT2D eigenvalue weighted by atomic mass is 9.99.